The molecule has 0 aromatic heterocycles. The van der Waals surface area contributed by atoms with Crippen LogP contribution in [0.3, 0.4) is 0 Å². The number of likely N-dealkylation sites (tertiary alicyclic amines) is 1. The standard InChI is InChI=1S/C28H28ClN3O3/c29-20-5-7-25-19(15-20)17-35-28(25)9-13-32(14-10-28)12-2-4-22-23-3-1-11-30-26(23)18-34-27-8-6-21(31-33)16-24(22)27/h1,3-8,11,15-16,23,26H,2,9-10,12-14,17-18H2. The average Bonchev–Trinajstić information content (AvgIpc) is 3.14. The summed E-state index contributed by atoms with van der Waals surface area (Å²) in [6.07, 6.45) is 11.2. The average molecular weight is 490 g/mol. The number of allylic oxidation sites excluding steroid dienone is 1. The monoisotopic (exact) mass is 489 g/mol. The zero-order valence-corrected chi connectivity index (χ0v) is 20.3. The summed E-state index contributed by atoms with van der Waals surface area (Å²) >= 11 is 6.19. The highest BCUT2D eigenvalue weighted by Crippen LogP contribution is 2.45. The Kier molecular flexibility index (Phi) is 6.04. The van der Waals surface area contributed by atoms with Crippen LogP contribution in [-0.4, -0.2) is 43.4 Å². The van der Waals surface area contributed by atoms with Crippen molar-refractivity contribution in [2.24, 2.45) is 16.1 Å². The van der Waals surface area contributed by atoms with E-state index in [9.17, 15) is 4.91 Å². The van der Waals surface area contributed by atoms with Gasteiger partial charge >= 0.3 is 0 Å². The molecule has 1 saturated heterocycles. The van der Waals surface area contributed by atoms with Gasteiger partial charge in [0, 0.05) is 42.4 Å². The molecule has 0 aliphatic carbocycles. The first-order chi connectivity index (χ1) is 17.1. The quantitative estimate of drug-likeness (QED) is 0.490. The Hall–Kier alpha value is -2.80. The molecular weight excluding hydrogens is 462 g/mol. The summed E-state index contributed by atoms with van der Waals surface area (Å²) in [4.78, 5) is 18.4. The number of nitrogens with zero attached hydrogens (tertiary/aromatic N) is 3. The fourth-order valence-corrected chi connectivity index (χ4v) is 6.10. The Morgan fingerprint density at radius 3 is 2.94 bits per heavy atom. The number of benzene rings is 2. The topological polar surface area (TPSA) is 63.5 Å². The van der Waals surface area contributed by atoms with Gasteiger partial charge < -0.3 is 14.4 Å². The SMILES string of the molecule is O=Nc1ccc2c(c1)C(=CCCN1CCC3(CC1)OCc1cc(Cl)ccc13)C1C=CC=NC1CO2. The number of aliphatic imine (C=N–C) groups is 1. The molecule has 0 N–H and O–H groups in total. The molecule has 1 fully saturated rings. The third-order valence-corrected chi connectivity index (χ3v) is 8.02. The van der Waals surface area contributed by atoms with Gasteiger partial charge in [-0.25, -0.2) is 0 Å². The molecule has 2 atom stereocenters. The van der Waals surface area contributed by atoms with Gasteiger partial charge in [0.2, 0.25) is 0 Å². The van der Waals surface area contributed by atoms with E-state index < -0.39 is 0 Å². The van der Waals surface area contributed by atoms with Gasteiger partial charge in [0.05, 0.1) is 18.2 Å². The molecule has 0 amide bonds. The van der Waals surface area contributed by atoms with Crippen LogP contribution in [0.2, 0.25) is 5.02 Å². The second-order valence-corrected chi connectivity index (χ2v) is 10.2. The van der Waals surface area contributed by atoms with E-state index in [2.05, 4.69) is 33.3 Å². The van der Waals surface area contributed by atoms with Gasteiger partial charge in [-0.15, -0.1) is 4.91 Å². The Balaban J connectivity index is 1.17. The van der Waals surface area contributed by atoms with Crippen molar-refractivity contribution in [3.63, 3.8) is 0 Å². The molecular formula is C28H28ClN3O3. The highest BCUT2D eigenvalue weighted by molar-refractivity contribution is 6.30. The summed E-state index contributed by atoms with van der Waals surface area (Å²) < 4.78 is 12.4. The first-order valence-corrected chi connectivity index (χ1v) is 12.7. The van der Waals surface area contributed by atoms with E-state index in [0.717, 1.165) is 55.2 Å². The Bertz CT molecular complexity index is 1230. The summed E-state index contributed by atoms with van der Waals surface area (Å²) in [7, 11) is 0. The smallest absolute Gasteiger partial charge is 0.127 e. The van der Waals surface area contributed by atoms with Crippen LogP contribution in [0.1, 0.15) is 36.0 Å². The predicted octanol–water partition coefficient (Wildman–Crippen LogP) is 6.05. The van der Waals surface area contributed by atoms with Crippen LogP contribution in [0.15, 0.2) is 64.8 Å². The van der Waals surface area contributed by atoms with E-state index in [1.54, 1.807) is 6.07 Å². The van der Waals surface area contributed by atoms with Crippen molar-refractivity contribution in [1.29, 1.82) is 0 Å². The third kappa shape index (κ3) is 4.24. The van der Waals surface area contributed by atoms with Gasteiger partial charge in [-0.3, -0.25) is 4.99 Å². The van der Waals surface area contributed by atoms with E-state index in [1.165, 1.54) is 16.7 Å². The van der Waals surface area contributed by atoms with Crippen LogP contribution in [-0.2, 0) is 16.9 Å². The van der Waals surface area contributed by atoms with E-state index in [-0.39, 0.29) is 17.6 Å². The van der Waals surface area contributed by atoms with Crippen molar-refractivity contribution in [1.82, 2.24) is 4.90 Å². The number of hydrogen-bond donors (Lipinski definition) is 0. The van der Waals surface area contributed by atoms with Crippen molar-refractivity contribution in [2.75, 3.05) is 26.2 Å². The van der Waals surface area contributed by atoms with Gasteiger partial charge in [0.25, 0.3) is 0 Å². The fourth-order valence-electron chi connectivity index (χ4n) is 5.91. The molecule has 0 bridgehead atoms. The summed E-state index contributed by atoms with van der Waals surface area (Å²) in [5, 5.41) is 3.92. The molecule has 6 nitrogen and oxygen atoms in total. The minimum absolute atomic E-state index is 0.0363. The maximum absolute atomic E-state index is 11.2. The first kappa shape index (κ1) is 22.7. The molecule has 2 unspecified atom stereocenters. The van der Waals surface area contributed by atoms with Crippen molar-refractivity contribution in [3.8, 4) is 5.75 Å². The molecule has 1 spiro atoms. The molecule has 2 aromatic carbocycles. The lowest BCUT2D eigenvalue weighted by Gasteiger charge is -2.39. The van der Waals surface area contributed by atoms with Crippen LogP contribution in [0.4, 0.5) is 5.69 Å². The van der Waals surface area contributed by atoms with Crippen molar-refractivity contribution in [3.05, 3.63) is 81.2 Å². The zero-order chi connectivity index (χ0) is 23.8. The second-order valence-electron chi connectivity index (χ2n) is 9.73. The summed E-state index contributed by atoms with van der Waals surface area (Å²) in [6.45, 7) is 4.14. The normalized spacial score (nSPS) is 25.6. The Morgan fingerprint density at radius 1 is 1.20 bits per heavy atom. The Morgan fingerprint density at radius 2 is 2.09 bits per heavy atom. The maximum Gasteiger partial charge on any atom is 0.127 e. The number of hydrogen-bond acceptors (Lipinski definition) is 6. The van der Waals surface area contributed by atoms with Gasteiger partial charge in [-0.1, -0.05) is 29.8 Å². The maximum atomic E-state index is 11.2. The third-order valence-electron chi connectivity index (χ3n) is 7.78. The van der Waals surface area contributed by atoms with Gasteiger partial charge in [-0.05, 0) is 77.5 Å². The fraction of sp³-hybridized carbons (Fsp3) is 0.393. The lowest BCUT2D eigenvalue weighted by Crippen LogP contribution is -2.42. The van der Waals surface area contributed by atoms with Gasteiger partial charge in [0.15, 0.2) is 0 Å². The minimum Gasteiger partial charge on any atom is -0.491 e. The van der Waals surface area contributed by atoms with E-state index >= 15 is 0 Å². The molecule has 6 rings (SSSR count). The summed E-state index contributed by atoms with van der Waals surface area (Å²) in [5.41, 5.74) is 4.91. The number of rotatable bonds is 4. The molecule has 180 valence electrons. The van der Waals surface area contributed by atoms with Crippen molar-refractivity contribution in [2.45, 2.75) is 37.5 Å². The molecule has 0 saturated carbocycles. The number of piperidine rings is 1. The summed E-state index contributed by atoms with van der Waals surface area (Å²) in [6, 6.07) is 11.6. The van der Waals surface area contributed by atoms with E-state index in [1.807, 2.05) is 36.6 Å². The van der Waals surface area contributed by atoms with E-state index in [0.29, 0.717) is 18.9 Å². The van der Waals surface area contributed by atoms with Crippen molar-refractivity contribution >= 4 is 29.1 Å². The van der Waals surface area contributed by atoms with Crippen LogP contribution >= 0.6 is 11.6 Å². The number of fused-ring (bicyclic) bond motifs is 4. The summed E-state index contributed by atoms with van der Waals surface area (Å²) in [5.74, 6) is 0.918. The van der Waals surface area contributed by atoms with Gasteiger partial charge in [-0.2, -0.15) is 0 Å². The largest absolute Gasteiger partial charge is 0.491 e. The molecule has 7 heteroatoms. The van der Waals surface area contributed by atoms with Crippen molar-refractivity contribution < 1.29 is 9.47 Å². The molecule has 4 aliphatic rings. The lowest BCUT2D eigenvalue weighted by atomic mass is 9.83. The predicted molar refractivity (Wildman–Crippen MR) is 138 cm³/mol. The van der Waals surface area contributed by atoms with Gasteiger partial charge in [0.1, 0.15) is 18.0 Å². The minimum atomic E-state index is -0.164. The second kappa shape index (κ2) is 9.34. The Labute approximate surface area is 210 Å². The number of halogens is 1. The van der Waals surface area contributed by atoms with Crippen LogP contribution in [0.5, 0.6) is 5.75 Å². The number of nitroso groups, excluding NO2 is 1. The molecule has 0 radical (unpaired) electrons. The lowest BCUT2D eigenvalue weighted by molar-refractivity contribution is -0.0785. The molecule has 35 heavy (non-hydrogen) atoms. The first-order valence-electron chi connectivity index (χ1n) is 12.3. The molecule has 2 aromatic rings. The molecule has 4 aliphatic heterocycles. The highest BCUT2D eigenvalue weighted by Gasteiger charge is 2.42. The molecule has 4 heterocycles. The number of ether oxygens (including phenoxy) is 2. The zero-order valence-electron chi connectivity index (χ0n) is 19.5. The van der Waals surface area contributed by atoms with Crippen LogP contribution < -0.4 is 4.74 Å². The number of dihydropyridines is 1. The van der Waals surface area contributed by atoms with Crippen LogP contribution in [0, 0.1) is 10.8 Å². The highest BCUT2D eigenvalue weighted by atomic mass is 35.5. The van der Waals surface area contributed by atoms with Crippen LogP contribution in [0.25, 0.3) is 5.57 Å². The van der Waals surface area contributed by atoms with E-state index in [4.69, 9.17) is 21.1 Å².